The highest BCUT2D eigenvalue weighted by molar-refractivity contribution is 7.90. The van der Waals surface area contributed by atoms with Crippen LogP contribution in [0.25, 0.3) is 0 Å². The van der Waals surface area contributed by atoms with Gasteiger partial charge in [-0.05, 0) is 17.7 Å². The summed E-state index contributed by atoms with van der Waals surface area (Å²) in [5, 5.41) is 0. The fraction of sp³-hybridized carbons (Fsp3) is 0.364. The van der Waals surface area contributed by atoms with E-state index in [9.17, 15) is 13.2 Å². The molecule has 0 aromatic heterocycles. The van der Waals surface area contributed by atoms with Gasteiger partial charge in [-0.2, -0.15) is 0 Å². The summed E-state index contributed by atoms with van der Waals surface area (Å²) in [6.45, 7) is 1.89. The minimum absolute atomic E-state index is 0.177. The lowest BCUT2D eigenvalue weighted by Crippen LogP contribution is -2.03. The van der Waals surface area contributed by atoms with E-state index in [4.69, 9.17) is 4.74 Å². The lowest BCUT2D eigenvalue weighted by atomic mass is 10.2. The summed E-state index contributed by atoms with van der Waals surface area (Å²) in [6, 6.07) is 6.29. The first-order chi connectivity index (χ1) is 7.43. The Labute approximate surface area is 95.2 Å². The van der Waals surface area contributed by atoms with Gasteiger partial charge < -0.3 is 4.74 Å². The summed E-state index contributed by atoms with van der Waals surface area (Å²) in [6.07, 6.45) is 1.49. The Morgan fingerprint density at radius 2 is 1.81 bits per heavy atom. The van der Waals surface area contributed by atoms with Gasteiger partial charge >= 0.3 is 5.97 Å². The van der Waals surface area contributed by atoms with E-state index in [1.54, 1.807) is 19.1 Å². The molecule has 0 aliphatic heterocycles. The van der Waals surface area contributed by atoms with E-state index in [0.29, 0.717) is 6.42 Å². The number of benzene rings is 1. The van der Waals surface area contributed by atoms with E-state index >= 15 is 0 Å². The lowest BCUT2D eigenvalue weighted by Gasteiger charge is -2.04. The van der Waals surface area contributed by atoms with Crippen LogP contribution in [0, 0.1) is 0 Å². The number of hydrogen-bond acceptors (Lipinski definition) is 4. The third-order valence-corrected chi connectivity index (χ3v) is 3.17. The molecule has 0 fully saturated rings. The minimum Gasteiger partial charge on any atom is -0.461 e. The van der Waals surface area contributed by atoms with Crippen molar-refractivity contribution in [3.05, 3.63) is 29.8 Å². The van der Waals surface area contributed by atoms with Crippen LogP contribution < -0.4 is 0 Å². The Morgan fingerprint density at radius 3 is 2.25 bits per heavy atom. The molecule has 0 bridgehead atoms. The van der Waals surface area contributed by atoms with Gasteiger partial charge in [0.2, 0.25) is 0 Å². The highest BCUT2D eigenvalue weighted by Crippen LogP contribution is 2.11. The predicted molar refractivity (Wildman–Crippen MR) is 59.6 cm³/mol. The number of carbonyl (C=O) groups excluding carboxylic acids is 1. The zero-order chi connectivity index (χ0) is 12.2. The monoisotopic (exact) mass is 242 g/mol. The molecule has 0 N–H and O–H groups in total. The molecule has 1 rings (SSSR count). The molecule has 0 heterocycles. The Hall–Kier alpha value is -1.36. The van der Waals surface area contributed by atoms with E-state index < -0.39 is 9.84 Å². The standard InChI is InChI=1S/C11H14O4S/c1-3-11(12)15-8-9-4-6-10(7-5-9)16(2,13)14/h4-7H,3,8H2,1-2H3. The van der Waals surface area contributed by atoms with Crippen molar-refractivity contribution < 1.29 is 17.9 Å². The molecular formula is C11H14O4S. The van der Waals surface area contributed by atoms with Gasteiger partial charge in [-0.15, -0.1) is 0 Å². The molecule has 4 nitrogen and oxygen atoms in total. The SMILES string of the molecule is CCC(=O)OCc1ccc(S(C)(=O)=O)cc1. The quantitative estimate of drug-likeness (QED) is 0.751. The number of sulfone groups is 1. The molecule has 16 heavy (non-hydrogen) atoms. The fourth-order valence-corrected chi connectivity index (χ4v) is 1.73. The molecule has 0 aliphatic rings. The van der Waals surface area contributed by atoms with Crippen LogP contribution >= 0.6 is 0 Å². The number of rotatable bonds is 4. The van der Waals surface area contributed by atoms with Crippen LogP contribution in [0.15, 0.2) is 29.2 Å². The van der Waals surface area contributed by atoms with Crippen molar-refractivity contribution in [1.29, 1.82) is 0 Å². The van der Waals surface area contributed by atoms with Crippen molar-refractivity contribution in [1.82, 2.24) is 0 Å². The summed E-state index contributed by atoms with van der Waals surface area (Å²) in [5.41, 5.74) is 0.772. The molecular weight excluding hydrogens is 228 g/mol. The van der Waals surface area contributed by atoms with Gasteiger partial charge in [0.25, 0.3) is 0 Å². The third kappa shape index (κ3) is 3.66. The maximum Gasteiger partial charge on any atom is 0.305 e. The fourth-order valence-electron chi connectivity index (χ4n) is 1.10. The maximum absolute atomic E-state index is 11.2. The summed E-state index contributed by atoms with van der Waals surface area (Å²) >= 11 is 0. The van der Waals surface area contributed by atoms with Crippen LogP contribution in [0.5, 0.6) is 0 Å². The van der Waals surface area contributed by atoms with Crippen molar-refractivity contribution in [2.45, 2.75) is 24.8 Å². The first-order valence-corrected chi connectivity index (χ1v) is 6.77. The van der Waals surface area contributed by atoms with Crippen LogP contribution in [-0.4, -0.2) is 20.6 Å². The molecule has 0 amide bonds. The average Bonchev–Trinajstić information content (AvgIpc) is 2.25. The van der Waals surface area contributed by atoms with Crippen LogP contribution in [0.1, 0.15) is 18.9 Å². The second kappa shape index (κ2) is 5.12. The second-order valence-electron chi connectivity index (χ2n) is 3.43. The summed E-state index contributed by atoms with van der Waals surface area (Å²) < 4.78 is 27.3. The molecule has 0 saturated heterocycles. The molecule has 0 atom stereocenters. The molecule has 5 heteroatoms. The van der Waals surface area contributed by atoms with Gasteiger partial charge in [0.05, 0.1) is 4.90 Å². The van der Waals surface area contributed by atoms with E-state index in [0.717, 1.165) is 11.8 Å². The Bertz CT molecular complexity index is 459. The smallest absolute Gasteiger partial charge is 0.305 e. The van der Waals surface area contributed by atoms with Gasteiger partial charge in [0.15, 0.2) is 9.84 Å². The van der Waals surface area contributed by atoms with Gasteiger partial charge in [0.1, 0.15) is 6.61 Å². The number of carbonyl (C=O) groups is 1. The first kappa shape index (κ1) is 12.7. The molecule has 0 spiro atoms. The Kier molecular flexibility index (Phi) is 4.06. The minimum atomic E-state index is -3.16. The van der Waals surface area contributed by atoms with Crippen LogP contribution in [-0.2, 0) is 26.0 Å². The predicted octanol–water partition coefficient (Wildman–Crippen LogP) is 1.54. The van der Waals surface area contributed by atoms with Crippen molar-refractivity contribution in [3.8, 4) is 0 Å². The van der Waals surface area contributed by atoms with Gasteiger partial charge in [0, 0.05) is 12.7 Å². The van der Waals surface area contributed by atoms with Gasteiger partial charge in [-0.1, -0.05) is 19.1 Å². The average molecular weight is 242 g/mol. The summed E-state index contributed by atoms with van der Waals surface area (Å²) in [5.74, 6) is -0.271. The summed E-state index contributed by atoms with van der Waals surface area (Å²) in [7, 11) is -3.16. The van der Waals surface area contributed by atoms with Crippen molar-refractivity contribution >= 4 is 15.8 Å². The number of esters is 1. The maximum atomic E-state index is 11.2. The van der Waals surface area contributed by atoms with Crippen LogP contribution in [0.4, 0.5) is 0 Å². The second-order valence-corrected chi connectivity index (χ2v) is 5.45. The molecule has 0 saturated carbocycles. The first-order valence-electron chi connectivity index (χ1n) is 4.88. The largest absolute Gasteiger partial charge is 0.461 e. The molecule has 1 aromatic carbocycles. The molecule has 0 radical (unpaired) electrons. The van der Waals surface area contributed by atoms with Crippen LogP contribution in [0.3, 0.4) is 0 Å². The molecule has 88 valence electrons. The van der Waals surface area contributed by atoms with Gasteiger partial charge in [-0.25, -0.2) is 8.42 Å². The highest BCUT2D eigenvalue weighted by atomic mass is 32.2. The van der Waals surface area contributed by atoms with E-state index in [1.165, 1.54) is 12.1 Å². The van der Waals surface area contributed by atoms with E-state index in [-0.39, 0.29) is 17.5 Å². The van der Waals surface area contributed by atoms with Crippen LogP contribution in [0.2, 0.25) is 0 Å². The van der Waals surface area contributed by atoms with E-state index in [2.05, 4.69) is 0 Å². The van der Waals surface area contributed by atoms with Crippen molar-refractivity contribution in [2.24, 2.45) is 0 Å². The number of ether oxygens (including phenoxy) is 1. The zero-order valence-corrected chi connectivity index (χ0v) is 10.1. The zero-order valence-electron chi connectivity index (χ0n) is 9.26. The summed E-state index contributed by atoms with van der Waals surface area (Å²) in [4.78, 5) is 11.2. The van der Waals surface area contributed by atoms with Crippen molar-refractivity contribution in [2.75, 3.05) is 6.26 Å². The van der Waals surface area contributed by atoms with Crippen molar-refractivity contribution in [3.63, 3.8) is 0 Å². The lowest BCUT2D eigenvalue weighted by molar-refractivity contribution is -0.144. The topological polar surface area (TPSA) is 60.4 Å². The highest BCUT2D eigenvalue weighted by Gasteiger charge is 2.06. The molecule has 0 aliphatic carbocycles. The Balaban J connectivity index is 2.69. The third-order valence-electron chi connectivity index (χ3n) is 2.04. The van der Waals surface area contributed by atoms with E-state index in [1.807, 2.05) is 0 Å². The molecule has 0 unspecified atom stereocenters. The molecule has 1 aromatic rings. The normalized spacial score (nSPS) is 11.1. The van der Waals surface area contributed by atoms with Gasteiger partial charge in [-0.3, -0.25) is 4.79 Å². The Morgan fingerprint density at radius 1 is 1.25 bits per heavy atom. The number of hydrogen-bond donors (Lipinski definition) is 0.